The Hall–Kier alpha value is -2.49. The number of anilines is 1. The number of benzene rings is 2. The van der Waals surface area contributed by atoms with Gasteiger partial charge >= 0.3 is 0 Å². The van der Waals surface area contributed by atoms with Crippen molar-refractivity contribution >= 4 is 45.2 Å². The molecule has 2 rings (SSSR count). The second-order valence-electron chi connectivity index (χ2n) is 4.68. The maximum absolute atomic E-state index is 12.2. The van der Waals surface area contributed by atoms with E-state index in [1.165, 1.54) is 19.3 Å². The molecule has 0 saturated heterocycles. The number of ether oxygens (including phenoxy) is 1. The molecule has 2 aromatic carbocycles. The van der Waals surface area contributed by atoms with Crippen LogP contribution in [0.2, 0.25) is 5.02 Å². The van der Waals surface area contributed by atoms with Crippen LogP contribution in [-0.4, -0.2) is 18.1 Å². The number of amides is 1. The summed E-state index contributed by atoms with van der Waals surface area (Å²) in [5, 5.41) is 22.2. The monoisotopic (exact) mass is 406 g/mol. The summed E-state index contributed by atoms with van der Waals surface area (Å²) in [7, 11) is 1.43. The highest BCUT2D eigenvalue weighted by Gasteiger charge is 2.12. The van der Waals surface area contributed by atoms with Crippen LogP contribution in [0, 0.1) is 11.3 Å². The fourth-order valence-electron chi connectivity index (χ4n) is 1.87. The van der Waals surface area contributed by atoms with E-state index in [1.54, 1.807) is 30.3 Å². The molecule has 0 aromatic heterocycles. The molecule has 0 atom stereocenters. The molecule has 0 aliphatic heterocycles. The minimum Gasteiger partial charge on any atom is -0.504 e. The molecule has 0 heterocycles. The van der Waals surface area contributed by atoms with E-state index in [1.807, 2.05) is 6.07 Å². The largest absolute Gasteiger partial charge is 0.504 e. The summed E-state index contributed by atoms with van der Waals surface area (Å²) in [4.78, 5) is 12.2. The molecular weight excluding hydrogens is 396 g/mol. The molecule has 1 amide bonds. The van der Waals surface area contributed by atoms with E-state index < -0.39 is 5.91 Å². The number of phenolic OH excluding ortho intramolecular Hbond substituents is 1. The molecule has 0 aliphatic rings. The number of nitrogens with zero attached hydrogens (tertiary/aromatic N) is 1. The number of nitriles is 1. The summed E-state index contributed by atoms with van der Waals surface area (Å²) in [5.74, 6) is -0.382. The van der Waals surface area contributed by atoms with Crippen molar-refractivity contribution in [3.8, 4) is 17.6 Å². The molecule has 7 heteroatoms. The van der Waals surface area contributed by atoms with E-state index in [2.05, 4.69) is 21.2 Å². The molecule has 122 valence electrons. The lowest BCUT2D eigenvalue weighted by molar-refractivity contribution is -0.112. The Balaban J connectivity index is 2.29. The zero-order chi connectivity index (χ0) is 17.7. The van der Waals surface area contributed by atoms with Gasteiger partial charge in [-0.2, -0.15) is 5.26 Å². The van der Waals surface area contributed by atoms with Gasteiger partial charge in [0.15, 0.2) is 11.5 Å². The topological polar surface area (TPSA) is 82.3 Å². The SMILES string of the molecule is COc1cc(Br)c(C=C(C#N)C(=O)Nc2ccc(Cl)cc2)cc1O. The third-order valence-electron chi connectivity index (χ3n) is 3.07. The standard InChI is InChI=1S/C17H12BrClN2O3/c1-24-16-8-14(18)10(7-15(16)22)6-11(9-20)17(23)21-13-4-2-12(19)3-5-13/h2-8,22H,1H3,(H,21,23). The molecule has 0 spiro atoms. The van der Waals surface area contributed by atoms with E-state index >= 15 is 0 Å². The summed E-state index contributed by atoms with van der Waals surface area (Å²) in [5.41, 5.74) is 0.869. The number of hydrogen-bond donors (Lipinski definition) is 2. The first-order valence-corrected chi connectivity index (χ1v) is 7.87. The van der Waals surface area contributed by atoms with Gasteiger partial charge in [-0.05, 0) is 48.0 Å². The zero-order valence-electron chi connectivity index (χ0n) is 12.5. The van der Waals surface area contributed by atoms with Gasteiger partial charge < -0.3 is 15.2 Å². The van der Waals surface area contributed by atoms with Crippen molar-refractivity contribution in [2.24, 2.45) is 0 Å². The first-order chi connectivity index (χ1) is 11.4. The molecule has 0 unspecified atom stereocenters. The predicted molar refractivity (Wildman–Crippen MR) is 96.0 cm³/mol. The molecule has 24 heavy (non-hydrogen) atoms. The van der Waals surface area contributed by atoms with Crippen molar-refractivity contribution in [1.82, 2.24) is 0 Å². The molecule has 0 aliphatic carbocycles. The summed E-state index contributed by atoms with van der Waals surface area (Å²) in [6.45, 7) is 0. The quantitative estimate of drug-likeness (QED) is 0.583. The molecule has 0 fully saturated rings. The fourth-order valence-corrected chi connectivity index (χ4v) is 2.43. The van der Waals surface area contributed by atoms with Crippen molar-refractivity contribution in [2.45, 2.75) is 0 Å². The molecular formula is C17H12BrClN2O3. The van der Waals surface area contributed by atoms with Crippen LogP contribution in [0.1, 0.15) is 5.56 Å². The lowest BCUT2D eigenvalue weighted by Crippen LogP contribution is -2.13. The highest BCUT2D eigenvalue weighted by atomic mass is 79.9. The van der Waals surface area contributed by atoms with Gasteiger partial charge in [0.1, 0.15) is 11.6 Å². The second-order valence-corrected chi connectivity index (χ2v) is 5.97. The van der Waals surface area contributed by atoms with Crippen LogP contribution in [0.4, 0.5) is 5.69 Å². The molecule has 0 saturated carbocycles. The zero-order valence-corrected chi connectivity index (χ0v) is 14.9. The summed E-state index contributed by atoms with van der Waals surface area (Å²) >= 11 is 9.10. The summed E-state index contributed by atoms with van der Waals surface area (Å²) in [6.07, 6.45) is 1.37. The van der Waals surface area contributed by atoms with Crippen LogP contribution < -0.4 is 10.1 Å². The Morgan fingerprint density at radius 2 is 2.04 bits per heavy atom. The van der Waals surface area contributed by atoms with Crippen molar-refractivity contribution in [1.29, 1.82) is 5.26 Å². The number of rotatable bonds is 4. The minimum atomic E-state index is -0.568. The van der Waals surface area contributed by atoms with Crippen LogP contribution in [-0.2, 0) is 4.79 Å². The number of phenols is 1. The first-order valence-electron chi connectivity index (χ1n) is 6.70. The molecule has 2 aromatic rings. The third-order valence-corrected chi connectivity index (χ3v) is 4.00. The summed E-state index contributed by atoms with van der Waals surface area (Å²) < 4.78 is 5.57. The van der Waals surface area contributed by atoms with Gasteiger partial charge in [-0.25, -0.2) is 0 Å². The van der Waals surface area contributed by atoms with Gasteiger partial charge in [0, 0.05) is 15.2 Å². The van der Waals surface area contributed by atoms with Gasteiger partial charge in [-0.3, -0.25) is 4.79 Å². The van der Waals surface area contributed by atoms with Crippen LogP contribution in [0.25, 0.3) is 6.08 Å². The van der Waals surface area contributed by atoms with Gasteiger partial charge in [0.25, 0.3) is 5.91 Å². The number of halogens is 2. The number of carbonyl (C=O) groups is 1. The highest BCUT2D eigenvalue weighted by molar-refractivity contribution is 9.10. The average Bonchev–Trinajstić information content (AvgIpc) is 2.57. The summed E-state index contributed by atoms with van der Waals surface area (Å²) in [6, 6.07) is 11.3. The first kappa shape index (κ1) is 17.9. The van der Waals surface area contributed by atoms with Crippen LogP contribution in [0.3, 0.4) is 0 Å². The Morgan fingerprint density at radius 3 is 2.62 bits per heavy atom. The maximum atomic E-state index is 12.2. The number of carbonyl (C=O) groups excluding carboxylic acids is 1. The lowest BCUT2D eigenvalue weighted by Gasteiger charge is -2.08. The maximum Gasteiger partial charge on any atom is 0.266 e. The van der Waals surface area contributed by atoms with E-state index in [-0.39, 0.29) is 17.1 Å². The predicted octanol–water partition coefficient (Wildman–Crippen LogP) is 4.36. The second kappa shape index (κ2) is 7.86. The van der Waals surface area contributed by atoms with E-state index in [9.17, 15) is 15.2 Å². The van der Waals surface area contributed by atoms with E-state index in [0.29, 0.717) is 20.7 Å². The number of hydrogen-bond acceptors (Lipinski definition) is 4. The number of methoxy groups -OCH3 is 1. The Labute approximate surface area is 152 Å². The van der Waals surface area contributed by atoms with E-state index in [0.717, 1.165) is 0 Å². The van der Waals surface area contributed by atoms with Crippen molar-refractivity contribution in [2.75, 3.05) is 12.4 Å². The smallest absolute Gasteiger partial charge is 0.266 e. The molecule has 0 bridgehead atoms. The fraction of sp³-hybridized carbons (Fsp3) is 0.0588. The van der Waals surface area contributed by atoms with Crippen LogP contribution in [0.15, 0.2) is 46.4 Å². The third kappa shape index (κ3) is 4.28. The van der Waals surface area contributed by atoms with Crippen LogP contribution in [0.5, 0.6) is 11.5 Å². The number of nitrogens with one attached hydrogen (secondary N) is 1. The van der Waals surface area contributed by atoms with Crippen LogP contribution >= 0.6 is 27.5 Å². The highest BCUT2D eigenvalue weighted by Crippen LogP contribution is 2.33. The molecule has 2 N–H and O–H groups in total. The lowest BCUT2D eigenvalue weighted by atomic mass is 10.1. The number of aromatic hydroxyl groups is 1. The van der Waals surface area contributed by atoms with Crippen molar-refractivity contribution in [3.05, 3.63) is 57.0 Å². The van der Waals surface area contributed by atoms with E-state index in [4.69, 9.17) is 16.3 Å². The Bertz CT molecular complexity index is 842. The Morgan fingerprint density at radius 1 is 1.38 bits per heavy atom. The van der Waals surface area contributed by atoms with Crippen molar-refractivity contribution in [3.63, 3.8) is 0 Å². The average molecular weight is 408 g/mol. The molecule has 0 radical (unpaired) electrons. The van der Waals surface area contributed by atoms with Gasteiger partial charge in [-0.1, -0.05) is 27.5 Å². The van der Waals surface area contributed by atoms with Crippen molar-refractivity contribution < 1.29 is 14.6 Å². The minimum absolute atomic E-state index is 0.0950. The van der Waals surface area contributed by atoms with Gasteiger partial charge in [0.05, 0.1) is 7.11 Å². The van der Waals surface area contributed by atoms with Gasteiger partial charge in [0.2, 0.25) is 0 Å². The normalized spacial score (nSPS) is 10.8. The molecule has 5 nitrogen and oxygen atoms in total. The Kier molecular flexibility index (Phi) is 5.85. The van der Waals surface area contributed by atoms with Gasteiger partial charge in [-0.15, -0.1) is 0 Å².